The lowest BCUT2D eigenvalue weighted by molar-refractivity contribution is -0.124. The van der Waals surface area contributed by atoms with Crippen molar-refractivity contribution >= 4 is 12.0 Å². The lowest BCUT2D eigenvalue weighted by Crippen LogP contribution is -2.50. The number of hydrogen-bond acceptors (Lipinski definition) is 3. The third kappa shape index (κ3) is 26.5. The Morgan fingerprint density at radius 3 is 1.56 bits per heavy atom. The summed E-state index contributed by atoms with van der Waals surface area (Å²) in [4.78, 5) is 24.8. The second-order valence-electron chi connectivity index (χ2n) is 11.8. The summed E-state index contributed by atoms with van der Waals surface area (Å²) in [5.74, 6) is -0.0960. The third-order valence-corrected chi connectivity index (χ3v) is 7.59. The van der Waals surface area contributed by atoms with Crippen molar-refractivity contribution in [3.63, 3.8) is 0 Å². The molecule has 2 N–H and O–H groups in total. The zero-order chi connectivity index (χ0) is 28.8. The molecule has 0 saturated carbocycles. The van der Waals surface area contributed by atoms with Crippen molar-refractivity contribution in [2.75, 3.05) is 13.2 Å². The Labute approximate surface area is 243 Å². The highest BCUT2D eigenvalue weighted by atomic mass is 16.5. The summed E-state index contributed by atoms with van der Waals surface area (Å²) < 4.78 is 5.31. The molecule has 230 valence electrons. The molecular formula is C34H66N2O3. The molecule has 0 aromatic rings. The van der Waals surface area contributed by atoms with E-state index >= 15 is 0 Å². The summed E-state index contributed by atoms with van der Waals surface area (Å²) in [7, 11) is 0. The number of hydrogen-bond donors (Lipinski definition) is 2. The van der Waals surface area contributed by atoms with Crippen molar-refractivity contribution < 1.29 is 14.3 Å². The third-order valence-electron chi connectivity index (χ3n) is 7.59. The van der Waals surface area contributed by atoms with Crippen molar-refractivity contribution in [3.8, 4) is 0 Å². The summed E-state index contributed by atoms with van der Waals surface area (Å²) >= 11 is 0. The van der Waals surface area contributed by atoms with Crippen LogP contribution in [0.15, 0.2) is 12.7 Å². The zero-order valence-corrected chi connectivity index (χ0v) is 26.3. The molecule has 0 aromatic heterocycles. The quantitative estimate of drug-likeness (QED) is 0.0719. The SMILES string of the molecule is C=CCCCCCCCCOC(=O)NC(C(=O)NCCCCCCCCCCCCCCCCCC)C(C)C. The van der Waals surface area contributed by atoms with Gasteiger partial charge in [-0.05, 0) is 31.6 Å². The van der Waals surface area contributed by atoms with Crippen molar-refractivity contribution in [1.29, 1.82) is 0 Å². The van der Waals surface area contributed by atoms with Gasteiger partial charge in [-0.3, -0.25) is 4.79 Å². The van der Waals surface area contributed by atoms with Gasteiger partial charge in [0.25, 0.3) is 0 Å². The number of rotatable bonds is 29. The minimum absolute atomic E-state index is 0.0129. The van der Waals surface area contributed by atoms with E-state index in [9.17, 15) is 9.59 Å². The van der Waals surface area contributed by atoms with E-state index in [1.165, 1.54) is 116 Å². The lowest BCUT2D eigenvalue weighted by atomic mass is 10.0. The second-order valence-corrected chi connectivity index (χ2v) is 11.8. The van der Waals surface area contributed by atoms with Crippen LogP contribution in [0.2, 0.25) is 0 Å². The molecule has 0 rings (SSSR count). The van der Waals surface area contributed by atoms with Gasteiger partial charge in [-0.2, -0.15) is 0 Å². The van der Waals surface area contributed by atoms with Gasteiger partial charge in [0.15, 0.2) is 0 Å². The summed E-state index contributed by atoms with van der Waals surface area (Å²) in [6, 6.07) is -0.552. The predicted molar refractivity (Wildman–Crippen MR) is 168 cm³/mol. The molecule has 0 spiro atoms. The Bertz CT molecular complexity index is 565. The molecule has 0 fully saturated rings. The molecule has 5 heteroatoms. The van der Waals surface area contributed by atoms with Gasteiger partial charge < -0.3 is 15.4 Å². The maximum Gasteiger partial charge on any atom is 0.407 e. The first-order valence-electron chi connectivity index (χ1n) is 16.8. The molecule has 39 heavy (non-hydrogen) atoms. The first-order chi connectivity index (χ1) is 19.0. The van der Waals surface area contributed by atoms with Gasteiger partial charge in [0.05, 0.1) is 6.61 Å². The van der Waals surface area contributed by atoms with Gasteiger partial charge in [0.1, 0.15) is 6.04 Å². The molecule has 0 aliphatic heterocycles. The van der Waals surface area contributed by atoms with Crippen LogP contribution in [0.1, 0.15) is 168 Å². The Balaban J connectivity index is 3.65. The second kappa shape index (κ2) is 29.5. The fourth-order valence-electron chi connectivity index (χ4n) is 4.96. The van der Waals surface area contributed by atoms with Crippen molar-refractivity contribution in [2.24, 2.45) is 5.92 Å². The predicted octanol–water partition coefficient (Wildman–Crippen LogP) is 10.0. The molecule has 0 radical (unpaired) electrons. The Hall–Kier alpha value is -1.52. The molecule has 0 aliphatic rings. The van der Waals surface area contributed by atoms with Crippen LogP contribution >= 0.6 is 0 Å². The van der Waals surface area contributed by atoms with Crippen LogP contribution in [0.4, 0.5) is 4.79 Å². The van der Waals surface area contributed by atoms with Crippen LogP contribution in [-0.4, -0.2) is 31.2 Å². The van der Waals surface area contributed by atoms with E-state index in [-0.39, 0.29) is 11.8 Å². The number of unbranched alkanes of at least 4 members (excludes halogenated alkanes) is 21. The van der Waals surface area contributed by atoms with Crippen LogP contribution < -0.4 is 10.6 Å². The Morgan fingerprint density at radius 2 is 1.10 bits per heavy atom. The summed E-state index contributed by atoms with van der Waals surface area (Å²) in [6.45, 7) is 11.0. The van der Waals surface area contributed by atoms with Crippen LogP contribution in [0.25, 0.3) is 0 Å². The molecule has 1 atom stereocenters. The average molecular weight is 551 g/mol. The first kappa shape index (κ1) is 37.5. The van der Waals surface area contributed by atoms with Crippen molar-refractivity contribution in [3.05, 3.63) is 12.7 Å². The maximum atomic E-state index is 12.6. The van der Waals surface area contributed by atoms with E-state index in [0.29, 0.717) is 13.2 Å². The fraction of sp³-hybridized carbons (Fsp3) is 0.882. The standard InChI is InChI=1S/C34H66N2O3/c1-5-7-9-11-13-15-16-17-18-19-20-21-22-23-25-27-29-35-33(37)32(31(3)4)36-34(38)39-30-28-26-24-14-12-10-8-6-2/h6,31-32H,2,5,7-30H2,1,3-4H3,(H,35,37)(H,36,38). The van der Waals surface area contributed by atoms with Crippen LogP contribution in [0.3, 0.4) is 0 Å². The fourth-order valence-corrected chi connectivity index (χ4v) is 4.96. The van der Waals surface area contributed by atoms with Crippen LogP contribution in [-0.2, 0) is 9.53 Å². The number of carbonyl (C=O) groups excluding carboxylic acids is 2. The number of nitrogens with one attached hydrogen (secondary N) is 2. The molecule has 0 aromatic carbocycles. The van der Waals surface area contributed by atoms with E-state index < -0.39 is 12.1 Å². The monoisotopic (exact) mass is 551 g/mol. The molecule has 0 heterocycles. The van der Waals surface area contributed by atoms with Gasteiger partial charge >= 0.3 is 6.09 Å². The Kier molecular flexibility index (Phi) is 28.3. The van der Waals surface area contributed by atoms with Crippen molar-refractivity contribution in [2.45, 2.75) is 174 Å². The minimum atomic E-state index is -0.552. The molecule has 0 bridgehead atoms. The molecule has 2 amide bonds. The molecular weight excluding hydrogens is 484 g/mol. The zero-order valence-electron chi connectivity index (χ0n) is 26.3. The molecule has 0 saturated heterocycles. The van der Waals surface area contributed by atoms with E-state index in [1.54, 1.807) is 0 Å². The van der Waals surface area contributed by atoms with E-state index in [1.807, 2.05) is 19.9 Å². The number of amides is 2. The minimum Gasteiger partial charge on any atom is -0.450 e. The maximum absolute atomic E-state index is 12.6. The van der Waals surface area contributed by atoms with E-state index in [0.717, 1.165) is 32.1 Å². The molecule has 5 nitrogen and oxygen atoms in total. The smallest absolute Gasteiger partial charge is 0.407 e. The topological polar surface area (TPSA) is 67.4 Å². The van der Waals surface area contributed by atoms with Crippen molar-refractivity contribution in [1.82, 2.24) is 10.6 Å². The summed E-state index contributed by atoms with van der Waals surface area (Å²) in [6.07, 6.45) is 30.8. The van der Waals surface area contributed by atoms with E-state index in [2.05, 4.69) is 24.1 Å². The number of carbonyl (C=O) groups is 2. The summed E-state index contributed by atoms with van der Waals surface area (Å²) in [5, 5.41) is 5.77. The lowest BCUT2D eigenvalue weighted by Gasteiger charge is -2.21. The van der Waals surface area contributed by atoms with Gasteiger partial charge in [-0.1, -0.05) is 149 Å². The van der Waals surface area contributed by atoms with Gasteiger partial charge in [0, 0.05) is 6.54 Å². The number of ether oxygens (including phenoxy) is 1. The number of alkyl carbamates (subject to hydrolysis) is 1. The Morgan fingerprint density at radius 1 is 0.667 bits per heavy atom. The van der Waals surface area contributed by atoms with Gasteiger partial charge in [0.2, 0.25) is 5.91 Å². The van der Waals surface area contributed by atoms with Gasteiger partial charge in [-0.15, -0.1) is 6.58 Å². The largest absolute Gasteiger partial charge is 0.450 e. The molecule has 1 unspecified atom stereocenters. The normalized spacial score (nSPS) is 11.9. The highest BCUT2D eigenvalue weighted by Crippen LogP contribution is 2.14. The number of allylic oxidation sites excluding steroid dienone is 1. The summed E-state index contributed by atoms with van der Waals surface area (Å²) in [5.41, 5.74) is 0. The first-order valence-corrected chi connectivity index (χ1v) is 16.8. The highest BCUT2D eigenvalue weighted by molar-refractivity contribution is 5.85. The average Bonchev–Trinajstić information content (AvgIpc) is 2.92. The van der Waals surface area contributed by atoms with Crippen LogP contribution in [0, 0.1) is 5.92 Å². The van der Waals surface area contributed by atoms with Crippen LogP contribution in [0.5, 0.6) is 0 Å². The van der Waals surface area contributed by atoms with E-state index in [4.69, 9.17) is 4.74 Å². The molecule has 0 aliphatic carbocycles. The highest BCUT2D eigenvalue weighted by Gasteiger charge is 2.24. The van der Waals surface area contributed by atoms with Gasteiger partial charge in [-0.25, -0.2) is 4.79 Å².